The average molecular weight is 354 g/mol. The highest BCUT2D eigenvalue weighted by molar-refractivity contribution is 5.97. The van der Waals surface area contributed by atoms with Gasteiger partial charge >= 0.3 is 0 Å². The second-order valence-corrected chi connectivity index (χ2v) is 7.09. The van der Waals surface area contributed by atoms with Gasteiger partial charge < -0.3 is 19.5 Å². The Bertz CT molecular complexity index is 797. The summed E-state index contributed by atoms with van der Waals surface area (Å²) in [7, 11) is 1.61. The van der Waals surface area contributed by atoms with Gasteiger partial charge in [-0.1, -0.05) is 0 Å². The van der Waals surface area contributed by atoms with Crippen molar-refractivity contribution in [2.75, 3.05) is 18.6 Å². The molecule has 1 aliphatic carbocycles. The molecule has 2 amide bonds. The Morgan fingerprint density at radius 3 is 2.73 bits per heavy atom. The molecule has 1 aliphatic heterocycles. The van der Waals surface area contributed by atoms with E-state index in [4.69, 9.17) is 4.74 Å². The molecule has 2 fully saturated rings. The molecular weight excluding hydrogens is 332 g/mol. The van der Waals surface area contributed by atoms with Gasteiger partial charge in [-0.05, 0) is 37.1 Å². The summed E-state index contributed by atoms with van der Waals surface area (Å²) in [6.07, 6.45) is 7.41. The number of benzene rings is 1. The number of imidazole rings is 1. The van der Waals surface area contributed by atoms with Gasteiger partial charge in [0.05, 0.1) is 24.9 Å². The molecule has 26 heavy (non-hydrogen) atoms. The minimum absolute atomic E-state index is 0.0277. The standard InChI is InChI=1S/C19H22N4O3/c1-26-16-4-2-15(3-5-16)23-11-14(10-17(23)24)21-18(25)19(6-7-19)12-22-9-8-20-13-22/h2-5,8-9,13-14H,6-7,10-12H2,1H3,(H,21,25)/t14-/m0/s1. The largest absolute Gasteiger partial charge is 0.497 e. The second-order valence-electron chi connectivity index (χ2n) is 7.09. The van der Waals surface area contributed by atoms with Crippen molar-refractivity contribution >= 4 is 17.5 Å². The first-order valence-electron chi connectivity index (χ1n) is 8.81. The summed E-state index contributed by atoms with van der Waals surface area (Å²) in [6, 6.07) is 7.24. The molecule has 0 bridgehead atoms. The number of methoxy groups -OCH3 is 1. The number of hydrogen-bond donors (Lipinski definition) is 1. The van der Waals surface area contributed by atoms with Crippen molar-refractivity contribution in [2.45, 2.75) is 31.8 Å². The van der Waals surface area contributed by atoms with Crippen molar-refractivity contribution in [3.63, 3.8) is 0 Å². The first-order chi connectivity index (χ1) is 12.6. The normalized spacial score (nSPS) is 20.9. The average Bonchev–Trinajstić information content (AvgIpc) is 3.07. The zero-order valence-corrected chi connectivity index (χ0v) is 14.7. The van der Waals surface area contributed by atoms with E-state index in [0.717, 1.165) is 24.3 Å². The summed E-state index contributed by atoms with van der Waals surface area (Å²) in [6.45, 7) is 1.14. The number of ether oxygens (including phenoxy) is 1. The summed E-state index contributed by atoms with van der Waals surface area (Å²) in [5.41, 5.74) is 0.476. The van der Waals surface area contributed by atoms with Gasteiger partial charge in [0, 0.05) is 37.6 Å². The van der Waals surface area contributed by atoms with Crippen LogP contribution in [0.2, 0.25) is 0 Å². The zero-order valence-electron chi connectivity index (χ0n) is 14.7. The van der Waals surface area contributed by atoms with Crippen molar-refractivity contribution in [1.29, 1.82) is 0 Å². The van der Waals surface area contributed by atoms with Gasteiger partial charge in [0.25, 0.3) is 0 Å². The van der Waals surface area contributed by atoms with E-state index in [-0.39, 0.29) is 23.3 Å². The Morgan fingerprint density at radius 1 is 1.35 bits per heavy atom. The predicted molar refractivity (Wildman–Crippen MR) is 95.8 cm³/mol. The van der Waals surface area contributed by atoms with E-state index in [1.165, 1.54) is 0 Å². The van der Waals surface area contributed by atoms with E-state index < -0.39 is 0 Å². The van der Waals surface area contributed by atoms with E-state index in [1.807, 2.05) is 35.0 Å². The third-order valence-electron chi connectivity index (χ3n) is 5.22. The minimum atomic E-state index is -0.350. The number of nitrogens with zero attached hydrogens (tertiary/aromatic N) is 3. The topological polar surface area (TPSA) is 76.5 Å². The number of aromatic nitrogens is 2. The maximum absolute atomic E-state index is 12.8. The predicted octanol–water partition coefficient (Wildman–Crippen LogP) is 1.59. The molecule has 7 heteroatoms. The zero-order chi connectivity index (χ0) is 18.1. The molecule has 1 aromatic heterocycles. The Kier molecular flexibility index (Phi) is 4.14. The Labute approximate surface area is 152 Å². The molecule has 1 N–H and O–H groups in total. The van der Waals surface area contributed by atoms with Gasteiger partial charge in [0.2, 0.25) is 11.8 Å². The van der Waals surface area contributed by atoms with Crippen molar-refractivity contribution in [2.24, 2.45) is 5.41 Å². The molecule has 1 saturated carbocycles. The molecule has 2 heterocycles. The lowest BCUT2D eigenvalue weighted by Crippen LogP contribution is -2.42. The monoisotopic (exact) mass is 354 g/mol. The fourth-order valence-electron chi connectivity index (χ4n) is 3.49. The molecule has 7 nitrogen and oxygen atoms in total. The first kappa shape index (κ1) is 16.6. The van der Waals surface area contributed by atoms with E-state index in [9.17, 15) is 9.59 Å². The minimum Gasteiger partial charge on any atom is -0.497 e. The number of nitrogens with one attached hydrogen (secondary N) is 1. The summed E-state index contributed by atoms with van der Waals surface area (Å²) in [4.78, 5) is 30.9. The lowest BCUT2D eigenvalue weighted by atomic mass is 10.1. The van der Waals surface area contributed by atoms with Crippen LogP contribution >= 0.6 is 0 Å². The van der Waals surface area contributed by atoms with Gasteiger partial charge in [0.15, 0.2) is 0 Å². The van der Waals surface area contributed by atoms with Crippen LogP contribution < -0.4 is 15.0 Å². The summed E-state index contributed by atoms with van der Waals surface area (Å²) >= 11 is 0. The van der Waals surface area contributed by atoms with Crippen LogP contribution in [-0.4, -0.2) is 41.1 Å². The first-order valence-corrected chi connectivity index (χ1v) is 8.81. The van der Waals surface area contributed by atoms with Gasteiger partial charge in [-0.2, -0.15) is 0 Å². The van der Waals surface area contributed by atoms with Crippen LogP contribution in [0.5, 0.6) is 5.75 Å². The molecular formula is C19H22N4O3. The van der Waals surface area contributed by atoms with E-state index in [1.54, 1.807) is 24.5 Å². The third kappa shape index (κ3) is 3.16. The Balaban J connectivity index is 1.38. The molecule has 2 aromatic rings. The number of anilines is 1. The van der Waals surface area contributed by atoms with Crippen LogP contribution in [0.25, 0.3) is 0 Å². The lowest BCUT2D eigenvalue weighted by molar-refractivity contribution is -0.127. The van der Waals surface area contributed by atoms with E-state index in [0.29, 0.717) is 19.5 Å². The molecule has 2 aliphatic rings. The van der Waals surface area contributed by atoms with Crippen LogP contribution in [0.4, 0.5) is 5.69 Å². The highest BCUT2D eigenvalue weighted by atomic mass is 16.5. The number of carbonyl (C=O) groups excluding carboxylic acids is 2. The van der Waals surface area contributed by atoms with E-state index >= 15 is 0 Å². The summed E-state index contributed by atoms with van der Waals surface area (Å²) in [5, 5.41) is 3.09. The lowest BCUT2D eigenvalue weighted by Gasteiger charge is -2.20. The molecule has 0 spiro atoms. The maximum atomic E-state index is 12.8. The molecule has 1 saturated heterocycles. The van der Waals surface area contributed by atoms with Gasteiger partial charge in [-0.25, -0.2) is 4.98 Å². The van der Waals surface area contributed by atoms with Crippen molar-refractivity contribution in [3.8, 4) is 5.75 Å². The third-order valence-corrected chi connectivity index (χ3v) is 5.22. The molecule has 0 radical (unpaired) electrons. The highest BCUT2D eigenvalue weighted by Gasteiger charge is 2.51. The SMILES string of the molecule is COc1ccc(N2C[C@@H](NC(=O)C3(Cn4ccnc4)CC3)CC2=O)cc1. The Morgan fingerprint density at radius 2 is 2.12 bits per heavy atom. The maximum Gasteiger partial charge on any atom is 0.229 e. The van der Waals surface area contributed by atoms with Crippen molar-refractivity contribution in [1.82, 2.24) is 14.9 Å². The van der Waals surface area contributed by atoms with Crippen LogP contribution in [-0.2, 0) is 16.1 Å². The number of hydrogen-bond acceptors (Lipinski definition) is 4. The molecule has 0 unspecified atom stereocenters. The number of rotatable bonds is 6. The molecule has 4 rings (SSSR count). The van der Waals surface area contributed by atoms with E-state index in [2.05, 4.69) is 10.3 Å². The summed E-state index contributed by atoms with van der Waals surface area (Å²) < 4.78 is 7.09. The second kappa shape index (κ2) is 6.48. The van der Waals surface area contributed by atoms with Crippen LogP contribution in [0, 0.1) is 5.41 Å². The van der Waals surface area contributed by atoms with Gasteiger partial charge in [-0.15, -0.1) is 0 Å². The number of carbonyl (C=O) groups is 2. The molecule has 1 aromatic carbocycles. The highest BCUT2D eigenvalue weighted by Crippen LogP contribution is 2.47. The smallest absolute Gasteiger partial charge is 0.229 e. The quantitative estimate of drug-likeness (QED) is 0.855. The molecule has 1 atom stereocenters. The van der Waals surface area contributed by atoms with Crippen LogP contribution in [0.1, 0.15) is 19.3 Å². The van der Waals surface area contributed by atoms with Crippen molar-refractivity contribution < 1.29 is 14.3 Å². The van der Waals surface area contributed by atoms with Gasteiger partial charge in [0.1, 0.15) is 5.75 Å². The van der Waals surface area contributed by atoms with Crippen molar-refractivity contribution in [3.05, 3.63) is 43.0 Å². The fourth-order valence-corrected chi connectivity index (χ4v) is 3.49. The summed E-state index contributed by atoms with van der Waals surface area (Å²) in [5.74, 6) is 0.820. The van der Waals surface area contributed by atoms with Crippen LogP contribution in [0.15, 0.2) is 43.0 Å². The molecule has 136 valence electrons. The Hall–Kier alpha value is -2.83. The number of amides is 2. The fraction of sp³-hybridized carbons (Fsp3) is 0.421. The van der Waals surface area contributed by atoms with Crippen LogP contribution in [0.3, 0.4) is 0 Å². The van der Waals surface area contributed by atoms with Gasteiger partial charge in [-0.3, -0.25) is 9.59 Å².